The van der Waals surface area contributed by atoms with Gasteiger partial charge < -0.3 is 0 Å². The Morgan fingerprint density at radius 2 is 1.89 bits per heavy atom. The highest BCUT2D eigenvalue weighted by Gasteiger charge is 2.32. The van der Waals surface area contributed by atoms with Gasteiger partial charge in [-0.25, -0.2) is 0 Å². The van der Waals surface area contributed by atoms with Gasteiger partial charge in [-0.3, -0.25) is 9.78 Å². The number of hydrogen-bond acceptors (Lipinski definition) is 2. The van der Waals surface area contributed by atoms with Crippen molar-refractivity contribution in [2.24, 2.45) is 0 Å². The summed E-state index contributed by atoms with van der Waals surface area (Å²) < 4.78 is 1.23. The van der Waals surface area contributed by atoms with E-state index in [-0.39, 0.29) is 12.3 Å². The van der Waals surface area contributed by atoms with Crippen LogP contribution in [0, 0.1) is 0 Å². The molecule has 0 amide bonds. The average Bonchev–Trinajstić information content (AvgIpc) is 2.39. The predicted molar refractivity (Wildman–Crippen MR) is 83.7 cm³/mol. The van der Waals surface area contributed by atoms with E-state index in [4.69, 9.17) is 0 Å². The van der Waals surface area contributed by atoms with Crippen molar-refractivity contribution in [3.8, 4) is 0 Å². The molecule has 0 spiro atoms. The number of hydrogen-bond donors (Lipinski definition) is 0. The molecule has 0 radical (unpaired) electrons. The normalized spacial score (nSPS) is 11.3. The molecule has 0 saturated carbocycles. The highest BCUT2D eigenvalue weighted by molar-refractivity contribution is 9.38. The number of ketones is 1. The van der Waals surface area contributed by atoms with Crippen LogP contribution in [0.5, 0.6) is 0 Å². The molecule has 6 heteroatoms. The van der Waals surface area contributed by atoms with Crippen molar-refractivity contribution >= 4 is 53.6 Å². The molecule has 1 aromatic heterocycles. The Balaban J connectivity index is 2.28. The zero-order valence-electron chi connectivity index (χ0n) is 9.76. The van der Waals surface area contributed by atoms with E-state index in [2.05, 4.69) is 52.8 Å². The van der Waals surface area contributed by atoms with Gasteiger partial charge in [0.2, 0.25) is 20.2 Å². The fourth-order valence-corrected chi connectivity index (χ4v) is 2.62. The first-order valence-corrected chi connectivity index (χ1v) is 7.85. The van der Waals surface area contributed by atoms with Crippen LogP contribution in [-0.4, -0.2) is 10.8 Å². The fourth-order valence-electron chi connectivity index (χ4n) is 1.63. The van der Waals surface area contributed by atoms with E-state index in [1.54, 1.807) is 18.6 Å². The fraction of sp³-hybridized carbons (Fsp3) is 0.154. The summed E-state index contributed by atoms with van der Waals surface area (Å²) in [5, 5.41) is 0. The van der Waals surface area contributed by atoms with E-state index >= 15 is 0 Å². The minimum atomic E-state index is -0.599. The molecule has 0 unspecified atom stereocenters. The zero-order chi connectivity index (χ0) is 13.9. The van der Waals surface area contributed by atoms with Crippen molar-refractivity contribution in [1.82, 2.24) is 4.98 Å². The van der Waals surface area contributed by atoms with E-state index in [1.807, 2.05) is 34.9 Å². The molecule has 0 fully saturated rings. The maximum absolute atomic E-state index is 12.2. The third-order valence-electron chi connectivity index (χ3n) is 2.54. The van der Waals surface area contributed by atoms with Gasteiger partial charge in [0.15, 0.2) is 6.20 Å². The molecule has 0 atom stereocenters. The highest BCUT2D eigenvalue weighted by atomic mass is 80.0. The van der Waals surface area contributed by atoms with Crippen molar-refractivity contribution in [3.63, 3.8) is 0 Å². The molecule has 2 aromatic rings. The maximum Gasteiger partial charge on any atom is 0.238 e. The van der Waals surface area contributed by atoms with Gasteiger partial charge >= 0.3 is 0 Å². The summed E-state index contributed by atoms with van der Waals surface area (Å²) in [6, 6.07) is 9.23. The summed E-state index contributed by atoms with van der Waals surface area (Å²) in [6.07, 6.45) is 5.12. The second kappa shape index (κ2) is 6.24. The molecule has 0 aliphatic carbocycles. The summed E-state index contributed by atoms with van der Waals surface area (Å²) in [5.41, 5.74) is 1.50. The molecule has 3 nitrogen and oxygen atoms in total. The number of nitrogens with zero attached hydrogens (tertiary/aromatic N) is 2. The van der Waals surface area contributed by atoms with Gasteiger partial charge in [0.05, 0.1) is 12.4 Å². The van der Waals surface area contributed by atoms with Gasteiger partial charge in [-0.15, -0.1) is 0 Å². The molecule has 98 valence electrons. The predicted octanol–water partition coefficient (Wildman–Crippen LogP) is 3.55. The van der Waals surface area contributed by atoms with Crippen LogP contribution in [0.15, 0.2) is 48.9 Å². The van der Waals surface area contributed by atoms with E-state index in [0.717, 1.165) is 5.69 Å². The van der Waals surface area contributed by atoms with E-state index in [1.165, 1.54) is 0 Å². The van der Waals surface area contributed by atoms with E-state index < -0.39 is 2.14 Å². The van der Waals surface area contributed by atoms with Crippen LogP contribution in [0.25, 0.3) is 0 Å². The summed E-state index contributed by atoms with van der Waals surface area (Å²) in [7, 11) is 0. The first kappa shape index (κ1) is 14.8. The number of aromatic nitrogens is 2. The first-order valence-electron chi connectivity index (χ1n) is 5.47. The lowest BCUT2D eigenvalue weighted by Crippen LogP contribution is -2.44. The average molecular weight is 450 g/mol. The summed E-state index contributed by atoms with van der Waals surface area (Å²) in [5.74, 6) is 0.0507. The number of carbonyl (C=O) groups is 1. The smallest absolute Gasteiger partial charge is 0.238 e. The lowest BCUT2D eigenvalue weighted by atomic mass is 10.1. The lowest BCUT2D eigenvalue weighted by molar-refractivity contribution is -0.690. The van der Waals surface area contributed by atoms with Crippen molar-refractivity contribution in [1.29, 1.82) is 0 Å². The Labute approximate surface area is 136 Å². The number of benzene rings is 1. The van der Waals surface area contributed by atoms with Crippen LogP contribution in [-0.2, 0) is 8.69 Å². The minimum Gasteiger partial charge on any atom is -0.287 e. The third-order valence-corrected chi connectivity index (χ3v) is 3.76. The van der Waals surface area contributed by atoms with Crippen LogP contribution in [0.4, 0.5) is 0 Å². The summed E-state index contributed by atoms with van der Waals surface area (Å²) in [4.78, 5) is 16.3. The number of rotatable bonds is 3. The van der Waals surface area contributed by atoms with Crippen molar-refractivity contribution in [3.05, 3.63) is 60.2 Å². The molecule has 0 aliphatic rings. The Kier molecular flexibility index (Phi) is 4.86. The maximum atomic E-state index is 12.2. The third kappa shape index (κ3) is 3.94. The van der Waals surface area contributed by atoms with Crippen LogP contribution in [0.2, 0.25) is 0 Å². The molecule has 0 bridgehead atoms. The van der Waals surface area contributed by atoms with Crippen molar-refractivity contribution in [2.45, 2.75) is 8.69 Å². The first-order chi connectivity index (χ1) is 8.98. The van der Waals surface area contributed by atoms with Crippen LogP contribution in [0.3, 0.4) is 0 Å². The van der Waals surface area contributed by atoms with Crippen LogP contribution < -0.4 is 4.57 Å². The lowest BCUT2D eigenvalue weighted by Gasteiger charge is -2.10. The molecule has 0 N–H and O–H groups in total. The molecular formula is C13H10Br3N2O+. The molecular weight excluding hydrogens is 440 g/mol. The van der Waals surface area contributed by atoms with Crippen LogP contribution >= 0.6 is 47.8 Å². The number of carbonyl (C=O) groups excluding carboxylic acids is 1. The summed E-state index contributed by atoms with van der Waals surface area (Å²) >= 11 is 10.3. The minimum absolute atomic E-state index is 0.0507. The van der Waals surface area contributed by atoms with Gasteiger partial charge in [0.1, 0.15) is 0 Å². The van der Waals surface area contributed by atoms with E-state index in [9.17, 15) is 4.79 Å². The topological polar surface area (TPSA) is 33.8 Å². The second-order valence-corrected chi connectivity index (χ2v) is 10.6. The zero-order valence-corrected chi connectivity index (χ0v) is 14.5. The van der Waals surface area contributed by atoms with Gasteiger partial charge in [-0.05, 0) is 47.8 Å². The van der Waals surface area contributed by atoms with E-state index in [0.29, 0.717) is 5.56 Å². The largest absolute Gasteiger partial charge is 0.287 e. The Morgan fingerprint density at radius 1 is 1.21 bits per heavy atom. The van der Waals surface area contributed by atoms with Gasteiger partial charge in [0, 0.05) is 5.56 Å². The SMILES string of the molecule is O=C(C[n+]1ccncc1C(Br)(Br)Br)c1ccccc1. The van der Waals surface area contributed by atoms with Crippen molar-refractivity contribution < 1.29 is 9.36 Å². The summed E-state index contributed by atoms with van der Waals surface area (Å²) in [6.45, 7) is 0.256. The molecule has 1 aromatic carbocycles. The molecule has 2 rings (SSSR count). The van der Waals surface area contributed by atoms with Gasteiger partial charge in [-0.1, -0.05) is 30.3 Å². The standard InChI is InChI=1S/C13H10Br3N2O/c14-13(15,16)12-8-17-6-7-18(12)9-11(19)10-4-2-1-3-5-10/h1-8H,9H2/q+1. The number of alkyl halides is 3. The Hall–Kier alpha value is -0.590. The van der Waals surface area contributed by atoms with Crippen molar-refractivity contribution in [2.75, 3.05) is 0 Å². The quantitative estimate of drug-likeness (QED) is 0.408. The molecule has 19 heavy (non-hydrogen) atoms. The molecule has 0 saturated heterocycles. The van der Waals surface area contributed by atoms with Crippen LogP contribution in [0.1, 0.15) is 16.1 Å². The van der Waals surface area contributed by atoms with Gasteiger partial charge in [0.25, 0.3) is 0 Å². The number of Topliss-reactive ketones (excluding diaryl/α,β-unsaturated/α-hetero) is 1. The molecule has 0 aliphatic heterocycles. The Bertz CT molecular complexity index is 582. The molecule has 1 heterocycles. The highest BCUT2D eigenvalue weighted by Crippen LogP contribution is 2.42. The second-order valence-electron chi connectivity index (χ2n) is 3.88. The Morgan fingerprint density at radius 3 is 2.53 bits per heavy atom. The van der Waals surface area contributed by atoms with Gasteiger partial charge in [-0.2, -0.15) is 4.57 Å². The monoisotopic (exact) mass is 447 g/mol. The number of halogens is 3.